The molecule has 0 radical (unpaired) electrons. The predicted octanol–water partition coefficient (Wildman–Crippen LogP) is 3.50. The molecule has 0 spiro atoms. The van der Waals surface area contributed by atoms with Gasteiger partial charge in [-0.15, -0.1) is 0 Å². The molecule has 3 aromatic rings. The first-order valence-corrected chi connectivity index (χ1v) is 12.7. The Morgan fingerprint density at radius 3 is 2.72 bits per heavy atom. The van der Waals surface area contributed by atoms with Gasteiger partial charge in [0.15, 0.2) is 16.3 Å². The first-order valence-electron chi connectivity index (χ1n) is 12.3. The molecule has 0 saturated carbocycles. The normalized spacial score (nSPS) is 14.8. The van der Waals surface area contributed by atoms with Crippen LogP contribution in [-0.4, -0.2) is 48.6 Å². The van der Waals surface area contributed by atoms with Crippen LogP contribution in [0.25, 0.3) is 10.9 Å². The molecule has 0 unspecified atom stereocenters. The molecule has 0 atom stereocenters. The maximum absolute atomic E-state index is 13.2. The van der Waals surface area contributed by atoms with E-state index in [1.54, 1.807) is 4.57 Å². The summed E-state index contributed by atoms with van der Waals surface area (Å²) in [7, 11) is 0. The Balaban J connectivity index is 1.11. The lowest BCUT2D eigenvalue weighted by Crippen LogP contribution is -2.36. The fourth-order valence-corrected chi connectivity index (χ4v) is 4.82. The summed E-state index contributed by atoms with van der Waals surface area (Å²) < 4.78 is 18.2. The highest BCUT2D eigenvalue weighted by Gasteiger charge is 2.15. The van der Waals surface area contributed by atoms with Crippen molar-refractivity contribution in [1.82, 2.24) is 14.9 Å². The van der Waals surface area contributed by atoms with E-state index >= 15 is 0 Å². The van der Waals surface area contributed by atoms with Crippen LogP contribution in [-0.2, 0) is 22.6 Å². The van der Waals surface area contributed by atoms with Gasteiger partial charge in [0.1, 0.15) is 0 Å². The number of ether oxygens (including phenoxy) is 3. The van der Waals surface area contributed by atoms with Crippen molar-refractivity contribution in [2.24, 2.45) is 0 Å². The van der Waals surface area contributed by atoms with Gasteiger partial charge in [0, 0.05) is 38.3 Å². The van der Waals surface area contributed by atoms with E-state index in [4.69, 9.17) is 26.4 Å². The predicted molar refractivity (Wildman–Crippen MR) is 139 cm³/mol. The lowest BCUT2D eigenvalue weighted by molar-refractivity contribution is -0.121. The third-order valence-corrected chi connectivity index (χ3v) is 6.88. The number of fused-ring (bicyclic) bond motifs is 2. The maximum Gasteiger partial charge on any atom is 0.262 e. The van der Waals surface area contributed by atoms with Crippen molar-refractivity contribution in [2.75, 3.05) is 38.0 Å². The molecule has 9 nitrogen and oxygen atoms in total. The van der Waals surface area contributed by atoms with Gasteiger partial charge in [0.05, 0.1) is 24.1 Å². The number of benzene rings is 2. The number of nitrogens with zero attached hydrogens (tertiary/aromatic N) is 2. The molecule has 2 aliphatic heterocycles. The van der Waals surface area contributed by atoms with Gasteiger partial charge < -0.3 is 29.4 Å². The van der Waals surface area contributed by atoms with Gasteiger partial charge in [-0.2, -0.15) is 0 Å². The average molecular weight is 511 g/mol. The summed E-state index contributed by atoms with van der Waals surface area (Å²) >= 11 is 5.45. The lowest BCUT2D eigenvalue weighted by Gasteiger charge is -2.29. The number of morpholine rings is 1. The molecule has 1 fully saturated rings. The first kappa shape index (κ1) is 24.3. The van der Waals surface area contributed by atoms with Gasteiger partial charge in [-0.05, 0) is 61.0 Å². The monoisotopic (exact) mass is 510 g/mol. The van der Waals surface area contributed by atoms with E-state index in [0.717, 1.165) is 54.9 Å². The van der Waals surface area contributed by atoms with Gasteiger partial charge in [0.25, 0.3) is 5.56 Å². The fraction of sp³-hybridized carbons (Fsp3) is 0.423. The number of anilines is 1. The lowest BCUT2D eigenvalue weighted by atomic mass is 10.1. The summed E-state index contributed by atoms with van der Waals surface area (Å²) in [5.41, 5.74) is 2.66. The van der Waals surface area contributed by atoms with E-state index < -0.39 is 0 Å². The van der Waals surface area contributed by atoms with Crippen LogP contribution in [0.3, 0.4) is 0 Å². The number of hydrogen-bond acceptors (Lipinski definition) is 7. The number of hydrogen-bond donors (Lipinski definition) is 2. The van der Waals surface area contributed by atoms with Crippen LogP contribution >= 0.6 is 12.2 Å². The number of H-pyrrole nitrogens is 1. The summed E-state index contributed by atoms with van der Waals surface area (Å²) in [6, 6.07) is 11.5. The molecule has 10 heteroatoms. The van der Waals surface area contributed by atoms with Crippen LogP contribution < -0.4 is 25.2 Å². The summed E-state index contributed by atoms with van der Waals surface area (Å²) in [4.78, 5) is 30.9. The van der Waals surface area contributed by atoms with Crippen molar-refractivity contribution >= 4 is 34.7 Å². The Bertz CT molecular complexity index is 1360. The smallest absolute Gasteiger partial charge is 0.262 e. The number of carbonyl (C=O) groups is 1. The first-order chi connectivity index (χ1) is 17.6. The quantitative estimate of drug-likeness (QED) is 0.336. The second-order valence-electron chi connectivity index (χ2n) is 8.99. The molecule has 0 bridgehead atoms. The number of rotatable bonds is 9. The minimum Gasteiger partial charge on any atom is -0.454 e. The van der Waals surface area contributed by atoms with E-state index in [1.807, 2.05) is 36.4 Å². The third kappa shape index (κ3) is 5.55. The van der Waals surface area contributed by atoms with Crippen LogP contribution in [0, 0.1) is 4.77 Å². The van der Waals surface area contributed by atoms with Crippen molar-refractivity contribution in [3.8, 4) is 11.5 Å². The Labute approximate surface area is 214 Å². The Kier molecular flexibility index (Phi) is 7.52. The molecule has 1 saturated heterocycles. The zero-order chi connectivity index (χ0) is 24.9. The molecule has 3 heterocycles. The molecule has 190 valence electrons. The molecule has 0 aliphatic carbocycles. The van der Waals surface area contributed by atoms with Crippen LogP contribution in [0.15, 0.2) is 41.2 Å². The zero-order valence-corrected chi connectivity index (χ0v) is 20.9. The summed E-state index contributed by atoms with van der Waals surface area (Å²) in [5.74, 6) is 1.44. The molecule has 1 aromatic heterocycles. The van der Waals surface area contributed by atoms with Crippen molar-refractivity contribution in [3.05, 3.63) is 57.1 Å². The van der Waals surface area contributed by atoms with E-state index in [0.29, 0.717) is 48.6 Å². The van der Waals surface area contributed by atoms with Crippen LogP contribution in [0.2, 0.25) is 0 Å². The average Bonchev–Trinajstić information content (AvgIpc) is 3.37. The number of unbranched alkanes of at least 4 members (excludes halogenated alkanes) is 2. The van der Waals surface area contributed by atoms with E-state index in [-0.39, 0.29) is 18.3 Å². The van der Waals surface area contributed by atoms with Crippen molar-refractivity contribution in [2.45, 2.75) is 38.8 Å². The van der Waals surface area contributed by atoms with Gasteiger partial charge in [0.2, 0.25) is 12.7 Å². The SMILES string of the molecule is O=C(CCCCCn1c(=S)[nH]c2ccc(N3CCOCC3)cc2c1=O)NCc1ccc2c(c1)OCO2. The van der Waals surface area contributed by atoms with Crippen LogP contribution in [0.1, 0.15) is 31.2 Å². The largest absolute Gasteiger partial charge is 0.454 e. The second kappa shape index (κ2) is 11.1. The molecule has 1 amide bonds. The van der Waals surface area contributed by atoms with E-state index in [2.05, 4.69) is 15.2 Å². The van der Waals surface area contributed by atoms with Gasteiger partial charge in [-0.25, -0.2) is 0 Å². The Hall–Kier alpha value is -3.37. The third-order valence-electron chi connectivity index (χ3n) is 6.55. The highest BCUT2D eigenvalue weighted by Crippen LogP contribution is 2.32. The Morgan fingerprint density at radius 2 is 1.86 bits per heavy atom. The van der Waals surface area contributed by atoms with Crippen LogP contribution in [0.5, 0.6) is 11.5 Å². The fourth-order valence-electron chi connectivity index (χ4n) is 4.53. The zero-order valence-electron chi connectivity index (χ0n) is 20.1. The highest BCUT2D eigenvalue weighted by atomic mass is 32.1. The number of nitrogens with one attached hydrogen (secondary N) is 2. The summed E-state index contributed by atoms with van der Waals surface area (Å²) in [6.45, 7) is 4.21. The molecular formula is C26H30N4O5S. The molecule has 2 aliphatic rings. The molecule has 2 aromatic carbocycles. The number of aromatic amines is 1. The topological polar surface area (TPSA) is 97.8 Å². The minimum atomic E-state index is -0.0784. The van der Waals surface area contributed by atoms with Crippen LogP contribution in [0.4, 0.5) is 5.69 Å². The number of carbonyl (C=O) groups excluding carboxylic acids is 1. The second-order valence-corrected chi connectivity index (χ2v) is 9.38. The van der Waals surface area contributed by atoms with Crippen molar-refractivity contribution < 1.29 is 19.0 Å². The van der Waals surface area contributed by atoms with E-state index in [1.165, 1.54) is 0 Å². The molecular weight excluding hydrogens is 480 g/mol. The molecule has 36 heavy (non-hydrogen) atoms. The number of aromatic nitrogens is 2. The minimum absolute atomic E-state index is 0.00322. The van der Waals surface area contributed by atoms with E-state index in [9.17, 15) is 9.59 Å². The number of amides is 1. The summed E-state index contributed by atoms with van der Waals surface area (Å²) in [6.07, 6.45) is 2.77. The molecule has 2 N–H and O–H groups in total. The summed E-state index contributed by atoms with van der Waals surface area (Å²) in [5, 5.41) is 3.58. The van der Waals surface area contributed by atoms with Gasteiger partial charge in [-0.1, -0.05) is 12.5 Å². The van der Waals surface area contributed by atoms with Crippen molar-refractivity contribution in [3.63, 3.8) is 0 Å². The standard InChI is InChI=1S/C26H30N4O5S/c31-24(27-16-18-5-8-22-23(14-18)35-17-34-22)4-2-1-3-9-30-25(32)20-15-19(29-10-12-33-13-11-29)6-7-21(20)28-26(30)36/h5-8,14-15H,1-4,9-13,16-17H2,(H,27,31)(H,28,36). The van der Waals surface area contributed by atoms with Gasteiger partial charge in [-0.3, -0.25) is 14.2 Å². The Morgan fingerprint density at radius 1 is 1.03 bits per heavy atom. The molecule has 5 rings (SSSR count). The van der Waals surface area contributed by atoms with Gasteiger partial charge >= 0.3 is 0 Å². The maximum atomic E-state index is 13.2. The highest BCUT2D eigenvalue weighted by molar-refractivity contribution is 7.71. The van der Waals surface area contributed by atoms with Crippen molar-refractivity contribution in [1.29, 1.82) is 0 Å².